The van der Waals surface area contributed by atoms with Crippen molar-refractivity contribution >= 4 is 51.9 Å². The summed E-state index contributed by atoms with van der Waals surface area (Å²) in [4.78, 5) is 37.7. The van der Waals surface area contributed by atoms with Crippen LogP contribution >= 0.6 is 34.9 Å². The monoisotopic (exact) mass is 387 g/mol. The van der Waals surface area contributed by atoms with Crippen LogP contribution in [-0.4, -0.2) is 55.2 Å². The molecule has 0 unspecified atom stereocenters. The highest BCUT2D eigenvalue weighted by molar-refractivity contribution is 8.16. The first-order valence-corrected chi connectivity index (χ1v) is 9.83. The highest BCUT2D eigenvalue weighted by Gasteiger charge is 2.74. The van der Waals surface area contributed by atoms with Gasteiger partial charge in [-0.1, -0.05) is 6.07 Å². The van der Waals surface area contributed by atoms with Crippen LogP contribution in [-0.2, 0) is 25.5 Å². The van der Waals surface area contributed by atoms with Gasteiger partial charge >= 0.3 is 5.97 Å². The second kappa shape index (κ2) is 6.05. The molecule has 0 aliphatic carbocycles. The number of carboxylic acid groups (broad SMARTS) is 1. The molecule has 0 aromatic carbocycles. The predicted octanol–water partition coefficient (Wildman–Crippen LogP) is 2.04. The molecule has 3 atom stereocenters. The molecule has 1 aromatic heterocycles. The minimum absolute atomic E-state index is 0.151. The molecule has 0 saturated carbocycles. The summed E-state index contributed by atoms with van der Waals surface area (Å²) in [7, 11) is 1.43. The van der Waals surface area contributed by atoms with E-state index in [9.17, 15) is 19.5 Å². The third-order valence-electron chi connectivity index (χ3n) is 4.27. The summed E-state index contributed by atoms with van der Waals surface area (Å²) < 4.78 is 4.34. The van der Waals surface area contributed by atoms with E-state index in [1.54, 1.807) is 13.8 Å². The Bertz CT molecular complexity index is 689. The van der Waals surface area contributed by atoms with Crippen LogP contribution in [0.1, 0.15) is 18.7 Å². The van der Waals surface area contributed by atoms with Gasteiger partial charge in [-0.2, -0.15) is 0 Å². The van der Waals surface area contributed by atoms with Crippen molar-refractivity contribution in [3.63, 3.8) is 0 Å². The topological polar surface area (TPSA) is 83.9 Å². The smallest absolute Gasteiger partial charge is 0.342 e. The molecule has 3 heterocycles. The van der Waals surface area contributed by atoms with Crippen molar-refractivity contribution < 1.29 is 24.2 Å². The van der Waals surface area contributed by atoms with Gasteiger partial charge in [-0.25, -0.2) is 4.79 Å². The Morgan fingerprint density at radius 1 is 1.46 bits per heavy atom. The molecular weight excluding hydrogens is 370 g/mol. The van der Waals surface area contributed by atoms with Crippen LogP contribution in [0, 0.1) is 0 Å². The van der Waals surface area contributed by atoms with Crippen LogP contribution in [0.15, 0.2) is 17.5 Å². The Balaban J connectivity index is 1.91. The number of hydrogen-bond donors (Lipinski definition) is 1. The lowest BCUT2D eigenvalue weighted by Gasteiger charge is -2.48. The quantitative estimate of drug-likeness (QED) is 0.774. The number of methoxy groups -OCH3 is 1. The summed E-state index contributed by atoms with van der Waals surface area (Å²) in [5.41, 5.74) is 0. The zero-order chi connectivity index (χ0) is 17.7. The number of carbonyl (C=O) groups excluding carboxylic acids is 2. The Morgan fingerprint density at radius 2 is 2.17 bits per heavy atom. The lowest BCUT2D eigenvalue weighted by atomic mass is 9.96. The molecule has 2 fully saturated rings. The molecule has 1 aromatic rings. The van der Waals surface area contributed by atoms with E-state index in [4.69, 9.17) is 4.74 Å². The molecule has 0 radical (unpaired) electrons. The highest BCUT2D eigenvalue weighted by atomic mass is 32.2. The van der Waals surface area contributed by atoms with E-state index >= 15 is 0 Å². The summed E-state index contributed by atoms with van der Waals surface area (Å²) in [6.45, 7) is 3.52. The van der Waals surface area contributed by atoms with Crippen LogP contribution in [0.2, 0.25) is 0 Å². The molecule has 6 nitrogen and oxygen atoms in total. The van der Waals surface area contributed by atoms with Gasteiger partial charge in [0, 0.05) is 12.0 Å². The van der Waals surface area contributed by atoms with Crippen LogP contribution in [0.25, 0.3) is 0 Å². The van der Waals surface area contributed by atoms with Crippen molar-refractivity contribution in [2.75, 3.05) is 7.11 Å². The van der Waals surface area contributed by atoms with Gasteiger partial charge in [-0.05, 0) is 37.1 Å². The van der Waals surface area contributed by atoms with E-state index in [0.717, 1.165) is 16.6 Å². The maximum absolute atomic E-state index is 12.5. The second-order valence-electron chi connectivity index (χ2n) is 6.06. The van der Waals surface area contributed by atoms with Gasteiger partial charge in [0.05, 0.1) is 11.2 Å². The van der Waals surface area contributed by atoms with Gasteiger partial charge in [0.25, 0.3) is 5.91 Å². The van der Waals surface area contributed by atoms with Gasteiger partial charge in [-0.15, -0.1) is 23.1 Å². The molecule has 0 bridgehead atoms. The first-order chi connectivity index (χ1) is 11.2. The van der Waals surface area contributed by atoms with Gasteiger partial charge in [-0.3, -0.25) is 14.5 Å². The largest absolute Gasteiger partial charge is 0.479 e. The van der Waals surface area contributed by atoms with Crippen molar-refractivity contribution in [1.29, 1.82) is 0 Å². The van der Waals surface area contributed by atoms with E-state index in [1.807, 2.05) is 17.5 Å². The zero-order valence-corrected chi connectivity index (χ0v) is 15.8. The van der Waals surface area contributed by atoms with Crippen molar-refractivity contribution in [1.82, 2.24) is 4.90 Å². The fourth-order valence-electron chi connectivity index (χ4n) is 3.11. The molecule has 0 spiro atoms. The van der Waals surface area contributed by atoms with Crippen molar-refractivity contribution in [2.24, 2.45) is 0 Å². The number of rotatable bonds is 5. The maximum Gasteiger partial charge on any atom is 0.342 e. The Kier molecular flexibility index (Phi) is 4.48. The molecule has 1 N–H and O–H groups in total. The number of carbonyl (C=O) groups is 3. The maximum atomic E-state index is 12.5. The predicted molar refractivity (Wildman–Crippen MR) is 94.1 cm³/mol. The van der Waals surface area contributed by atoms with Crippen molar-refractivity contribution in [3.8, 4) is 0 Å². The Labute approximate surface area is 151 Å². The Morgan fingerprint density at radius 3 is 2.71 bits per heavy atom. The average molecular weight is 388 g/mol. The second-order valence-corrected chi connectivity index (χ2v) is 10.1. The lowest BCUT2D eigenvalue weighted by molar-refractivity contribution is -0.175. The van der Waals surface area contributed by atoms with E-state index < -0.39 is 21.7 Å². The van der Waals surface area contributed by atoms with Crippen LogP contribution in [0.5, 0.6) is 0 Å². The fourth-order valence-corrected chi connectivity index (χ4v) is 7.10. The molecule has 9 heteroatoms. The number of amides is 1. The van der Waals surface area contributed by atoms with Gasteiger partial charge in [0.1, 0.15) is 5.37 Å². The van der Waals surface area contributed by atoms with Gasteiger partial charge < -0.3 is 9.84 Å². The summed E-state index contributed by atoms with van der Waals surface area (Å²) in [6, 6.07) is 3.68. The molecule has 2 saturated heterocycles. The van der Waals surface area contributed by atoms with Crippen molar-refractivity contribution in [2.45, 2.75) is 41.4 Å². The first kappa shape index (κ1) is 17.8. The summed E-state index contributed by atoms with van der Waals surface area (Å²) >= 11 is 3.56. The molecule has 130 valence electrons. The molecule has 2 aliphatic rings. The van der Waals surface area contributed by atoms with Gasteiger partial charge in [0.2, 0.25) is 4.87 Å². The first-order valence-electron chi connectivity index (χ1n) is 7.26. The number of thioether (sulfide) groups is 2. The van der Waals surface area contributed by atoms with E-state index in [2.05, 4.69) is 0 Å². The number of carboxylic acids is 1. The van der Waals surface area contributed by atoms with Crippen LogP contribution in [0.4, 0.5) is 0 Å². The van der Waals surface area contributed by atoms with Gasteiger partial charge in [0.15, 0.2) is 11.2 Å². The molecule has 1 amide bonds. The number of nitrogens with zero attached hydrogens (tertiary/aromatic N) is 1. The minimum Gasteiger partial charge on any atom is -0.479 e. The SMILES string of the molecule is CO[C@H]1C(=O)N2[C@@H]1SC(C)(C)[C@]2(SC(=O)Cc1cccs1)C(=O)O. The fraction of sp³-hybridized carbons (Fsp3) is 0.533. The summed E-state index contributed by atoms with van der Waals surface area (Å²) in [5.74, 6) is -1.55. The standard InChI is InChI=1S/C15H17NO5S3/c1-14(2)15(13(19)20,16-11(18)10(21-3)12(16)24-14)23-9(17)7-8-5-4-6-22-8/h4-6,10,12H,7H2,1-3H3,(H,19,20)/t10-,12+,15+/m0/s1. The molecule has 3 rings (SSSR count). The number of aliphatic carboxylic acids is 1. The number of β-lactam (4-membered cyclic amide) rings is 1. The minimum atomic E-state index is -1.62. The number of thiophene rings is 1. The summed E-state index contributed by atoms with van der Waals surface area (Å²) in [5, 5.41) is 11.2. The van der Waals surface area contributed by atoms with E-state index in [0.29, 0.717) is 0 Å². The number of fused-ring (bicyclic) bond motifs is 1. The van der Waals surface area contributed by atoms with Crippen molar-refractivity contribution in [3.05, 3.63) is 22.4 Å². The molecule has 2 aliphatic heterocycles. The third kappa shape index (κ3) is 2.40. The summed E-state index contributed by atoms with van der Waals surface area (Å²) in [6.07, 6.45) is -0.498. The normalized spacial score (nSPS) is 30.8. The van der Waals surface area contributed by atoms with Crippen LogP contribution in [0.3, 0.4) is 0 Å². The molecular formula is C15H17NO5S3. The number of hydrogen-bond acceptors (Lipinski definition) is 7. The lowest BCUT2D eigenvalue weighted by Crippen LogP contribution is -2.71. The van der Waals surface area contributed by atoms with Crippen LogP contribution < -0.4 is 0 Å². The highest BCUT2D eigenvalue weighted by Crippen LogP contribution is 2.61. The average Bonchev–Trinajstić information content (AvgIpc) is 3.04. The van der Waals surface area contributed by atoms with E-state index in [1.165, 1.54) is 35.1 Å². The molecule has 24 heavy (non-hydrogen) atoms. The number of ether oxygens (including phenoxy) is 1. The third-order valence-corrected chi connectivity index (χ3v) is 8.41. The zero-order valence-electron chi connectivity index (χ0n) is 13.3. The van der Waals surface area contributed by atoms with E-state index in [-0.39, 0.29) is 22.8 Å². The Hall–Kier alpha value is -1.03.